The minimum atomic E-state index is 0.686. The van der Waals surface area contributed by atoms with Crippen LogP contribution in [0.2, 0.25) is 10.0 Å². The Morgan fingerprint density at radius 1 is 0.581 bits per heavy atom. The molecular weight excluding hydrogens is 447 g/mol. The number of methoxy groups -OCH3 is 2. The molecule has 0 amide bonds. The maximum atomic E-state index is 6.35. The van der Waals surface area contributed by atoms with E-state index in [0.717, 1.165) is 43.5 Å². The molecule has 0 radical (unpaired) electrons. The topological polar surface area (TPSA) is 18.5 Å². The Labute approximate surface area is 196 Å². The highest BCUT2D eigenvalue weighted by molar-refractivity contribution is 7.99. The van der Waals surface area contributed by atoms with Gasteiger partial charge in [0.2, 0.25) is 0 Å². The largest absolute Gasteiger partial charge is 0.497 e. The molecule has 0 N–H and O–H groups in total. The van der Waals surface area contributed by atoms with Crippen molar-refractivity contribution in [3.05, 3.63) is 95.0 Å². The molecule has 0 unspecified atom stereocenters. The zero-order valence-electron chi connectivity index (χ0n) is 17.1. The van der Waals surface area contributed by atoms with Crippen LogP contribution in [-0.4, -0.2) is 14.2 Å². The van der Waals surface area contributed by atoms with Gasteiger partial charge in [-0.2, -0.15) is 0 Å². The third kappa shape index (κ3) is 5.01. The summed E-state index contributed by atoms with van der Waals surface area (Å²) in [5.41, 5.74) is 4.17. The van der Waals surface area contributed by atoms with Crippen LogP contribution in [0.1, 0.15) is 0 Å². The second-order valence-electron chi connectivity index (χ2n) is 6.85. The SMILES string of the molecule is COc1cccc(-c2cc(Cl)ccc2Sc2ccc(Cl)cc2-c2cccc(OC)c2)c1. The molecule has 0 spiro atoms. The fourth-order valence-corrected chi connectivity index (χ4v) is 4.76. The number of halogens is 2. The first kappa shape index (κ1) is 21.6. The molecule has 0 atom stereocenters. The zero-order valence-corrected chi connectivity index (χ0v) is 19.4. The summed E-state index contributed by atoms with van der Waals surface area (Å²) in [6, 6.07) is 27.9. The molecular formula is C26H20Cl2O2S. The fraction of sp³-hybridized carbons (Fsp3) is 0.0769. The van der Waals surface area contributed by atoms with Gasteiger partial charge in [-0.05, 0) is 82.9 Å². The van der Waals surface area contributed by atoms with Crippen LogP contribution in [0.5, 0.6) is 11.5 Å². The predicted molar refractivity (Wildman–Crippen MR) is 131 cm³/mol. The molecule has 0 aliphatic rings. The lowest BCUT2D eigenvalue weighted by Crippen LogP contribution is -1.89. The average molecular weight is 467 g/mol. The Morgan fingerprint density at radius 2 is 1.03 bits per heavy atom. The van der Waals surface area contributed by atoms with Crippen LogP contribution >= 0.6 is 35.0 Å². The van der Waals surface area contributed by atoms with E-state index in [1.807, 2.05) is 72.8 Å². The molecule has 0 aromatic heterocycles. The smallest absolute Gasteiger partial charge is 0.119 e. The van der Waals surface area contributed by atoms with Crippen LogP contribution < -0.4 is 9.47 Å². The summed E-state index contributed by atoms with van der Waals surface area (Å²) in [4.78, 5) is 2.17. The second kappa shape index (κ2) is 9.69. The van der Waals surface area contributed by atoms with Crippen molar-refractivity contribution >= 4 is 35.0 Å². The molecule has 31 heavy (non-hydrogen) atoms. The van der Waals surface area contributed by atoms with Crippen molar-refractivity contribution in [2.75, 3.05) is 14.2 Å². The van der Waals surface area contributed by atoms with Crippen molar-refractivity contribution < 1.29 is 9.47 Å². The first-order valence-corrected chi connectivity index (χ1v) is 11.2. The van der Waals surface area contributed by atoms with Gasteiger partial charge in [-0.25, -0.2) is 0 Å². The fourth-order valence-electron chi connectivity index (χ4n) is 3.33. The molecule has 5 heteroatoms. The van der Waals surface area contributed by atoms with Gasteiger partial charge in [0.1, 0.15) is 11.5 Å². The van der Waals surface area contributed by atoms with E-state index < -0.39 is 0 Å². The normalized spacial score (nSPS) is 10.7. The molecule has 0 aliphatic carbocycles. The summed E-state index contributed by atoms with van der Waals surface area (Å²) in [5.74, 6) is 1.61. The van der Waals surface area contributed by atoms with Gasteiger partial charge in [-0.15, -0.1) is 0 Å². The van der Waals surface area contributed by atoms with E-state index in [9.17, 15) is 0 Å². The monoisotopic (exact) mass is 466 g/mol. The summed E-state index contributed by atoms with van der Waals surface area (Å²) in [6.07, 6.45) is 0. The molecule has 2 nitrogen and oxygen atoms in total. The Balaban J connectivity index is 1.80. The summed E-state index contributed by atoms with van der Waals surface area (Å²) in [6.45, 7) is 0. The van der Waals surface area contributed by atoms with Gasteiger partial charge < -0.3 is 9.47 Å². The lowest BCUT2D eigenvalue weighted by Gasteiger charge is -2.15. The van der Waals surface area contributed by atoms with Crippen LogP contribution in [0.15, 0.2) is 94.7 Å². The van der Waals surface area contributed by atoms with Gasteiger partial charge in [0.15, 0.2) is 0 Å². The number of ether oxygens (including phenoxy) is 2. The maximum Gasteiger partial charge on any atom is 0.119 e. The van der Waals surface area contributed by atoms with E-state index in [-0.39, 0.29) is 0 Å². The van der Waals surface area contributed by atoms with Crippen LogP contribution in [0, 0.1) is 0 Å². The number of hydrogen-bond acceptors (Lipinski definition) is 3. The average Bonchev–Trinajstić information content (AvgIpc) is 2.81. The molecule has 0 saturated carbocycles. The Hall–Kier alpha value is -2.59. The van der Waals surface area contributed by atoms with Crippen molar-refractivity contribution in [3.63, 3.8) is 0 Å². The maximum absolute atomic E-state index is 6.35. The summed E-state index contributed by atoms with van der Waals surface area (Å²) in [7, 11) is 3.34. The molecule has 0 saturated heterocycles. The van der Waals surface area contributed by atoms with Crippen LogP contribution in [-0.2, 0) is 0 Å². The lowest BCUT2D eigenvalue weighted by atomic mass is 10.1. The van der Waals surface area contributed by atoms with Crippen molar-refractivity contribution in [3.8, 4) is 33.8 Å². The van der Waals surface area contributed by atoms with Crippen molar-refractivity contribution in [2.24, 2.45) is 0 Å². The summed E-state index contributed by atoms with van der Waals surface area (Å²) < 4.78 is 10.8. The highest BCUT2D eigenvalue weighted by Crippen LogP contribution is 2.43. The number of hydrogen-bond donors (Lipinski definition) is 0. The molecule has 156 valence electrons. The number of benzene rings is 4. The zero-order chi connectivity index (χ0) is 21.8. The van der Waals surface area contributed by atoms with Crippen molar-refractivity contribution in [2.45, 2.75) is 9.79 Å². The second-order valence-corrected chi connectivity index (χ2v) is 8.80. The first-order valence-electron chi connectivity index (χ1n) is 9.63. The van der Waals surface area contributed by atoms with Crippen LogP contribution in [0.25, 0.3) is 22.3 Å². The standard InChI is InChI=1S/C26H20Cl2O2S/c1-29-21-7-3-5-17(13-21)23-15-19(27)9-11-25(23)31-26-12-10-20(28)16-24(26)18-6-4-8-22(14-18)30-2/h3-16H,1-2H3. The van der Waals surface area contributed by atoms with E-state index >= 15 is 0 Å². The third-order valence-corrected chi connectivity index (χ3v) is 6.49. The van der Waals surface area contributed by atoms with Gasteiger partial charge in [0, 0.05) is 19.8 Å². The molecule has 4 aromatic carbocycles. The van der Waals surface area contributed by atoms with Crippen molar-refractivity contribution in [1.29, 1.82) is 0 Å². The van der Waals surface area contributed by atoms with E-state index in [4.69, 9.17) is 32.7 Å². The minimum Gasteiger partial charge on any atom is -0.497 e. The Morgan fingerprint density at radius 3 is 1.45 bits per heavy atom. The lowest BCUT2D eigenvalue weighted by molar-refractivity contribution is 0.415. The molecule has 4 aromatic rings. The van der Waals surface area contributed by atoms with Crippen LogP contribution in [0.4, 0.5) is 0 Å². The van der Waals surface area contributed by atoms with Gasteiger partial charge >= 0.3 is 0 Å². The van der Waals surface area contributed by atoms with E-state index in [0.29, 0.717) is 10.0 Å². The third-order valence-electron chi connectivity index (χ3n) is 4.86. The van der Waals surface area contributed by atoms with E-state index in [1.165, 1.54) is 0 Å². The van der Waals surface area contributed by atoms with Gasteiger partial charge in [-0.3, -0.25) is 0 Å². The Kier molecular flexibility index (Phi) is 6.77. The predicted octanol–water partition coefficient (Wildman–Crippen LogP) is 8.50. The van der Waals surface area contributed by atoms with E-state index in [1.54, 1.807) is 26.0 Å². The number of rotatable bonds is 6. The highest BCUT2D eigenvalue weighted by atomic mass is 35.5. The molecule has 0 heterocycles. The minimum absolute atomic E-state index is 0.686. The quantitative estimate of drug-likeness (QED) is 0.283. The summed E-state index contributed by atoms with van der Waals surface area (Å²) >= 11 is 14.4. The van der Waals surface area contributed by atoms with Gasteiger partial charge in [0.05, 0.1) is 14.2 Å². The molecule has 0 aliphatic heterocycles. The van der Waals surface area contributed by atoms with Crippen LogP contribution in [0.3, 0.4) is 0 Å². The molecule has 0 bridgehead atoms. The molecule has 4 rings (SSSR count). The van der Waals surface area contributed by atoms with E-state index in [2.05, 4.69) is 12.1 Å². The van der Waals surface area contributed by atoms with Gasteiger partial charge in [-0.1, -0.05) is 59.2 Å². The summed E-state index contributed by atoms with van der Waals surface area (Å²) in [5, 5.41) is 1.37. The Bertz CT molecular complexity index is 1130. The van der Waals surface area contributed by atoms with Gasteiger partial charge in [0.25, 0.3) is 0 Å². The first-order chi connectivity index (χ1) is 15.1. The van der Waals surface area contributed by atoms with Crippen molar-refractivity contribution in [1.82, 2.24) is 0 Å². The molecule has 0 fully saturated rings. The highest BCUT2D eigenvalue weighted by Gasteiger charge is 2.13.